The van der Waals surface area contributed by atoms with Crippen molar-refractivity contribution in [3.05, 3.63) is 108 Å². The van der Waals surface area contributed by atoms with Gasteiger partial charge in [-0.3, -0.25) is 0 Å². The fraction of sp³-hybridized carbons (Fsp3) is 0.529. The van der Waals surface area contributed by atoms with Crippen molar-refractivity contribution in [2.45, 2.75) is 160 Å². The minimum absolute atomic E-state index is 0.190. The van der Waals surface area contributed by atoms with Crippen molar-refractivity contribution in [2.75, 3.05) is 0 Å². The van der Waals surface area contributed by atoms with E-state index in [4.69, 9.17) is 0 Å². The van der Waals surface area contributed by atoms with E-state index in [1.54, 1.807) is 24.3 Å². The molecule has 0 amide bonds. The van der Waals surface area contributed by atoms with Gasteiger partial charge in [-0.15, -0.1) is 26.3 Å². The summed E-state index contributed by atoms with van der Waals surface area (Å²) in [4.78, 5) is 0. The van der Waals surface area contributed by atoms with Crippen molar-refractivity contribution in [1.82, 2.24) is 0 Å². The molecule has 0 spiro atoms. The monoisotopic (exact) mass is 822 g/mol. The van der Waals surface area contributed by atoms with Gasteiger partial charge in [-0.05, 0) is 133 Å². The van der Waals surface area contributed by atoms with E-state index >= 15 is 0 Å². The van der Waals surface area contributed by atoms with Crippen LogP contribution in [0.3, 0.4) is 0 Å². The largest absolute Gasteiger partial charge is 0.573 e. The lowest BCUT2D eigenvalue weighted by molar-refractivity contribution is -0.275. The molecule has 0 saturated heterocycles. The van der Waals surface area contributed by atoms with Gasteiger partial charge in [0.2, 0.25) is 0 Å². The minimum atomic E-state index is -4.66. The number of halogens is 6. The minimum Gasteiger partial charge on any atom is -0.406 e. The summed E-state index contributed by atoms with van der Waals surface area (Å²) >= 11 is 0. The summed E-state index contributed by atoms with van der Waals surface area (Å²) < 4.78 is 81.6. The third-order valence-corrected chi connectivity index (χ3v) is 12.5. The summed E-state index contributed by atoms with van der Waals surface area (Å²) in [6.45, 7) is 4.52. The van der Waals surface area contributed by atoms with E-state index in [2.05, 4.69) is 71.9 Å². The molecule has 2 nitrogen and oxygen atoms in total. The second kappa shape index (κ2) is 23.2. The lowest BCUT2D eigenvalue weighted by Gasteiger charge is -2.29. The van der Waals surface area contributed by atoms with Crippen LogP contribution in [0.2, 0.25) is 0 Å². The van der Waals surface area contributed by atoms with Gasteiger partial charge >= 0.3 is 12.7 Å². The van der Waals surface area contributed by atoms with Gasteiger partial charge in [-0.25, -0.2) is 0 Å². The van der Waals surface area contributed by atoms with E-state index in [1.807, 2.05) is 0 Å². The molecule has 322 valence electrons. The van der Waals surface area contributed by atoms with Crippen LogP contribution in [-0.2, 0) is 0 Å². The molecule has 2 fully saturated rings. The molecule has 0 aromatic heterocycles. The standard InChI is InChI=1S/C26H33F3O.C25H31F3O/c1-2-3-4-5-6-7-20-8-10-21(11-9-20)22-12-14-23(15-13-22)24-16-18-25(19-17-24)30-26(27,28)29;1-2-3-4-5-6-19-7-9-20(10-8-19)21-11-13-22(14-12-21)23-15-17-24(18-16-23)29-25(26,27)28/h12-21H,2-11H2,1H3;11-20H,2-10H2,1H3/t20-,21-;19-,20-. The van der Waals surface area contributed by atoms with Gasteiger partial charge in [0.25, 0.3) is 0 Å². The first kappa shape index (κ1) is 46.1. The Morgan fingerprint density at radius 3 is 0.983 bits per heavy atom. The molecule has 6 rings (SSSR count). The average Bonchev–Trinajstić information content (AvgIpc) is 3.23. The van der Waals surface area contributed by atoms with Crippen molar-refractivity contribution in [3.8, 4) is 33.8 Å². The van der Waals surface area contributed by atoms with Crippen molar-refractivity contribution >= 4 is 0 Å². The van der Waals surface area contributed by atoms with Crippen LogP contribution in [0, 0.1) is 11.8 Å². The van der Waals surface area contributed by atoms with E-state index in [0.29, 0.717) is 11.8 Å². The summed E-state index contributed by atoms with van der Waals surface area (Å²) in [5.41, 5.74) is 6.58. The second-order valence-corrected chi connectivity index (χ2v) is 16.9. The average molecular weight is 823 g/mol. The van der Waals surface area contributed by atoms with Crippen LogP contribution >= 0.6 is 0 Å². The fourth-order valence-corrected chi connectivity index (χ4v) is 9.06. The molecule has 2 aliphatic carbocycles. The number of hydrogen-bond acceptors (Lipinski definition) is 2. The molecule has 8 heteroatoms. The van der Waals surface area contributed by atoms with E-state index < -0.39 is 12.7 Å². The first-order chi connectivity index (χ1) is 28.4. The third-order valence-electron chi connectivity index (χ3n) is 12.5. The van der Waals surface area contributed by atoms with Crippen molar-refractivity contribution in [2.24, 2.45) is 11.8 Å². The molecule has 0 bridgehead atoms. The van der Waals surface area contributed by atoms with Crippen LogP contribution < -0.4 is 9.47 Å². The Labute approximate surface area is 349 Å². The zero-order valence-corrected chi connectivity index (χ0v) is 35.1. The van der Waals surface area contributed by atoms with Gasteiger partial charge in [0, 0.05) is 0 Å². The maximum atomic E-state index is 12.3. The first-order valence-corrected chi connectivity index (χ1v) is 22.3. The molecule has 0 N–H and O–H groups in total. The van der Waals surface area contributed by atoms with Crippen LogP contribution in [0.1, 0.15) is 159 Å². The SMILES string of the molecule is CCCCCCC[C@H]1CC[C@H](c2ccc(-c3ccc(OC(F)(F)F)cc3)cc2)CC1.CCCCCC[C@H]1CC[C@H](c2ccc(-c3ccc(OC(F)(F)F)cc3)cc2)CC1. The van der Waals surface area contributed by atoms with Crippen molar-refractivity contribution in [3.63, 3.8) is 0 Å². The predicted octanol–water partition coefficient (Wildman–Crippen LogP) is 17.4. The molecule has 0 heterocycles. The molecular formula is C51H64F6O2. The molecule has 4 aromatic carbocycles. The molecule has 0 atom stereocenters. The van der Waals surface area contributed by atoms with Gasteiger partial charge in [-0.2, -0.15) is 0 Å². The zero-order chi connectivity index (χ0) is 42.1. The smallest absolute Gasteiger partial charge is 0.406 e. The molecular weight excluding hydrogens is 759 g/mol. The number of unbranched alkanes of at least 4 members (excludes halogenated alkanes) is 7. The Bertz CT molecular complexity index is 1730. The van der Waals surface area contributed by atoms with Crippen LogP contribution in [0.4, 0.5) is 26.3 Å². The van der Waals surface area contributed by atoms with Crippen LogP contribution in [0.25, 0.3) is 22.3 Å². The van der Waals surface area contributed by atoms with E-state index in [1.165, 1.54) is 157 Å². The molecule has 0 aliphatic heterocycles. The van der Waals surface area contributed by atoms with Crippen LogP contribution in [0.15, 0.2) is 97.1 Å². The molecule has 0 radical (unpaired) electrons. The topological polar surface area (TPSA) is 18.5 Å². The summed E-state index contributed by atoms with van der Waals surface area (Å²) in [7, 11) is 0. The second-order valence-electron chi connectivity index (χ2n) is 16.9. The highest BCUT2D eigenvalue weighted by atomic mass is 19.4. The van der Waals surface area contributed by atoms with Crippen LogP contribution in [0.5, 0.6) is 11.5 Å². The predicted molar refractivity (Wildman–Crippen MR) is 229 cm³/mol. The summed E-state index contributed by atoms with van der Waals surface area (Å²) in [5.74, 6) is 2.70. The Kier molecular flexibility index (Phi) is 18.1. The summed E-state index contributed by atoms with van der Waals surface area (Å²) in [5, 5.41) is 0. The molecule has 2 saturated carbocycles. The Balaban J connectivity index is 0.000000224. The lowest BCUT2D eigenvalue weighted by Crippen LogP contribution is -2.16. The maximum Gasteiger partial charge on any atom is 0.573 e. The van der Waals surface area contributed by atoms with Gasteiger partial charge < -0.3 is 9.47 Å². The number of hydrogen-bond donors (Lipinski definition) is 0. The molecule has 59 heavy (non-hydrogen) atoms. The highest BCUT2D eigenvalue weighted by Crippen LogP contribution is 2.40. The van der Waals surface area contributed by atoms with E-state index in [0.717, 1.165) is 34.1 Å². The maximum absolute atomic E-state index is 12.3. The number of benzene rings is 4. The lowest BCUT2D eigenvalue weighted by atomic mass is 9.77. The molecule has 2 aliphatic rings. The number of ether oxygens (including phenoxy) is 2. The fourth-order valence-electron chi connectivity index (χ4n) is 9.06. The quantitative estimate of drug-likeness (QED) is 0.0780. The van der Waals surface area contributed by atoms with E-state index in [-0.39, 0.29) is 11.5 Å². The van der Waals surface area contributed by atoms with Gasteiger partial charge in [-0.1, -0.05) is 157 Å². The van der Waals surface area contributed by atoms with Crippen molar-refractivity contribution in [1.29, 1.82) is 0 Å². The molecule has 0 unspecified atom stereocenters. The highest BCUT2D eigenvalue weighted by Gasteiger charge is 2.32. The molecule has 4 aromatic rings. The Morgan fingerprint density at radius 2 is 0.678 bits per heavy atom. The van der Waals surface area contributed by atoms with Gasteiger partial charge in [0.1, 0.15) is 11.5 Å². The Hall–Kier alpha value is -3.94. The summed E-state index contributed by atoms with van der Waals surface area (Å²) in [6.07, 6.45) is 16.1. The normalized spacial score (nSPS) is 19.7. The summed E-state index contributed by atoms with van der Waals surface area (Å²) in [6, 6.07) is 29.2. The first-order valence-electron chi connectivity index (χ1n) is 22.3. The van der Waals surface area contributed by atoms with Gasteiger partial charge in [0.15, 0.2) is 0 Å². The van der Waals surface area contributed by atoms with Crippen molar-refractivity contribution < 1.29 is 35.8 Å². The van der Waals surface area contributed by atoms with E-state index in [9.17, 15) is 26.3 Å². The number of alkyl halides is 6. The van der Waals surface area contributed by atoms with Gasteiger partial charge in [0.05, 0.1) is 0 Å². The highest BCUT2D eigenvalue weighted by molar-refractivity contribution is 5.65. The Morgan fingerprint density at radius 1 is 0.390 bits per heavy atom. The third kappa shape index (κ3) is 16.2. The van der Waals surface area contributed by atoms with Crippen LogP contribution in [-0.4, -0.2) is 12.7 Å². The zero-order valence-electron chi connectivity index (χ0n) is 35.1. The number of rotatable bonds is 17.